The van der Waals surface area contributed by atoms with Crippen molar-refractivity contribution in [1.82, 2.24) is 4.31 Å². The van der Waals surface area contributed by atoms with Gasteiger partial charge in [-0.3, -0.25) is 14.9 Å². The molecule has 9 heteroatoms. The third-order valence-corrected chi connectivity index (χ3v) is 4.82. The molecule has 0 bridgehead atoms. The van der Waals surface area contributed by atoms with Crippen molar-refractivity contribution in [2.24, 2.45) is 0 Å². The molecule has 8 nitrogen and oxygen atoms in total. The van der Waals surface area contributed by atoms with Crippen LogP contribution in [0.2, 0.25) is 0 Å². The minimum Gasteiger partial charge on any atom is -0.355 e. The molecule has 1 aromatic rings. The topological polar surface area (TPSA) is 107 Å². The van der Waals surface area contributed by atoms with Crippen LogP contribution in [-0.2, 0) is 19.6 Å². The number of sulfonamides is 1. The van der Waals surface area contributed by atoms with E-state index in [1.807, 2.05) is 0 Å². The van der Waals surface area contributed by atoms with Gasteiger partial charge in [-0.2, -0.15) is 0 Å². The van der Waals surface area contributed by atoms with E-state index in [4.69, 9.17) is 4.74 Å². The normalized spacial score (nSPS) is 18.7. The fourth-order valence-corrected chi connectivity index (χ4v) is 3.63. The Labute approximate surface area is 139 Å². The van der Waals surface area contributed by atoms with Crippen LogP contribution in [0.25, 0.3) is 6.08 Å². The Hall–Kier alpha value is -2.26. The van der Waals surface area contributed by atoms with Crippen LogP contribution in [0.3, 0.4) is 0 Å². The summed E-state index contributed by atoms with van der Waals surface area (Å²) in [4.78, 5) is 22.0. The van der Waals surface area contributed by atoms with E-state index in [2.05, 4.69) is 0 Å². The smallest absolute Gasteiger partial charge is 0.269 e. The quantitative estimate of drug-likeness (QED) is 0.573. The molecule has 1 amide bonds. The maximum absolute atomic E-state index is 12.4. The molecule has 0 N–H and O–H groups in total. The van der Waals surface area contributed by atoms with Crippen LogP contribution in [0.4, 0.5) is 5.69 Å². The highest BCUT2D eigenvalue weighted by Gasteiger charge is 2.39. The lowest BCUT2D eigenvalue weighted by atomic mass is 10.2. The molecule has 1 aliphatic heterocycles. The number of carbonyl (C=O) groups is 1. The summed E-state index contributed by atoms with van der Waals surface area (Å²) in [6.45, 7) is 3.53. The van der Waals surface area contributed by atoms with Gasteiger partial charge >= 0.3 is 0 Å². The maximum Gasteiger partial charge on any atom is 0.269 e. The number of nitrogens with zero attached hydrogens (tertiary/aromatic N) is 2. The van der Waals surface area contributed by atoms with Crippen molar-refractivity contribution in [3.63, 3.8) is 0 Å². The van der Waals surface area contributed by atoms with Crippen molar-refractivity contribution >= 4 is 27.7 Å². The standard InChI is InChI=1S/C15H18N2O6S/c1-11(2)23-15-8-7-14(18)16(15)24(21,22)10-9-12-3-5-13(6-4-12)17(19)20/h3-6,9-11,15H,7-8H2,1-2H3. The molecule has 1 atom stereocenters. The van der Waals surface area contributed by atoms with Gasteiger partial charge in [0, 0.05) is 25.0 Å². The number of hydrogen-bond acceptors (Lipinski definition) is 6. The number of nitro groups is 1. The Morgan fingerprint density at radius 3 is 2.50 bits per heavy atom. The second kappa shape index (κ2) is 7.10. The van der Waals surface area contributed by atoms with E-state index in [1.165, 1.54) is 30.3 Å². The minimum atomic E-state index is -3.98. The molecule has 0 spiro atoms. The van der Waals surface area contributed by atoms with E-state index in [1.54, 1.807) is 13.8 Å². The van der Waals surface area contributed by atoms with Gasteiger partial charge in [-0.15, -0.1) is 0 Å². The molecular weight excluding hydrogens is 336 g/mol. The predicted molar refractivity (Wildman–Crippen MR) is 87.1 cm³/mol. The summed E-state index contributed by atoms with van der Waals surface area (Å²) in [5.74, 6) is -0.506. The van der Waals surface area contributed by atoms with Crippen molar-refractivity contribution in [2.45, 2.75) is 39.0 Å². The Morgan fingerprint density at radius 1 is 1.33 bits per heavy atom. The SMILES string of the molecule is CC(C)OC1CCC(=O)N1S(=O)(=O)C=Cc1ccc([N+](=O)[O-])cc1. The molecular formula is C15H18N2O6S. The van der Waals surface area contributed by atoms with Crippen molar-refractivity contribution < 1.29 is 22.9 Å². The number of amides is 1. The molecule has 1 saturated heterocycles. The maximum atomic E-state index is 12.4. The van der Waals surface area contributed by atoms with E-state index in [9.17, 15) is 23.3 Å². The van der Waals surface area contributed by atoms with E-state index in [0.29, 0.717) is 12.0 Å². The van der Waals surface area contributed by atoms with Crippen LogP contribution >= 0.6 is 0 Å². The van der Waals surface area contributed by atoms with Gasteiger partial charge in [0.25, 0.3) is 15.7 Å². The highest BCUT2D eigenvalue weighted by molar-refractivity contribution is 7.92. The van der Waals surface area contributed by atoms with Gasteiger partial charge in [-0.05, 0) is 37.6 Å². The summed E-state index contributed by atoms with van der Waals surface area (Å²) in [5, 5.41) is 11.5. The average molecular weight is 354 g/mol. The Bertz CT molecular complexity index is 755. The third-order valence-electron chi connectivity index (χ3n) is 3.35. The summed E-state index contributed by atoms with van der Waals surface area (Å²) in [5.41, 5.74) is 0.382. The van der Waals surface area contributed by atoms with Crippen LogP contribution in [0.5, 0.6) is 0 Å². The largest absolute Gasteiger partial charge is 0.355 e. The molecule has 0 aliphatic carbocycles. The van der Waals surface area contributed by atoms with Crippen LogP contribution in [0.15, 0.2) is 29.7 Å². The van der Waals surface area contributed by atoms with Crippen LogP contribution in [0, 0.1) is 10.1 Å². The number of hydrogen-bond donors (Lipinski definition) is 0. The van der Waals surface area contributed by atoms with Crippen LogP contribution < -0.4 is 0 Å². The second-order valence-electron chi connectivity index (χ2n) is 5.56. The number of ether oxygens (including phenoxy) is 1. The molecule has 1 unspecified atom stereocenters. The van der Waals surface area contributed by atoms with Crippen molar-refractivity contribution in [1.29, 1.82) is 0 Å². The first-order valence-electron chi connectivity index (χ1n) is 7.36. The minimum absolute atomic E-state index is 0.0878. The van der Waals surface area contributed by atoms with Gasteiger partial charge in [0.2, 0.25) is 5.91 Å². The zero-order chi connectivity index (χ0) is 17.9. The van der Waals surface area contributed by atoms with Gasteiger partial charge in [0.15, 0.2) is 0 Å². The zero-order valence-corrected chi connectivity index (χ0v) is 14.1. The first-order chi connectivity index (χ1) is 11.2. The van der Waals surface area contributed by atoms with Crippen molar-refractivity contribution in [3.8, 4) is 0 Å². The van der Waals surface area contributed by atoms with Gasteiger partial charge in [0.05, 0.1) is 16.4 Å². The monoisotopic (exact) mass is 354 g/mol. The van der Waals surface area contributed by atoms with Crippen molar-refractivity contribution in [2.75, 3.05) is 0 Å². The number of benzene rings is 1. The van der Waals surface area contributed by atoms with Crippen LogP contribution in [0.1, 0.15) is 32.3 Å². The molecule has 1 aromatic carbocycles. The molecule has 130 valence electrons. The summed E-state index contributed by atoms with van der Waals surface area (Å²) in [6.07, 6.45) is 0.710. The fraction of sp³-hybridized carbons (Fsp3) is 0.400. The van der Waals surface area contributed by atoms with E-state index >= 15 is 0 Å². The molecule has 0 radical (unpaired) electrons. The summed E-state index contributed by atoms with van der Waals surface area (Å²) in [6, 6.07) is 5.41. The Morgan fingerprint density at radius 2 is 1.96 bits per heavy atom. The van der Waals surface area contributed by atoms with Crippen LogP contribution in [-0.4, -0.2) is 35.9 Å². The zero-order valence-electron chi connectivity index (χ0n) is 13.3. The van der Waals surface area contributed by atoms with Gasteiger partial charge in [0.1, 0.15) is 6.23 Å². The lowest BCUT2D eigenvalue weighted by molar-refractivity contribution is -0.384. The number of non-ortho nitro benzene ring substituents is 1. The Kier molecular flexibility index (Phi) is 5.35. The molecule has 1 fully saturated rings. The number of carbonyl (C=O) groups excluding carboxylic acids is 1. The fourth-order valence-electron chi connectivity index (χ4n) is 2.32. The number of rotatable bonds is 6. The molecule has 24 heavy (non-hydrogen) atoms. The van der Waals surface area contributed by atoms with Gasteiger partial charge in [-0.1, -0.05) is 0 Å². The summed E-state index contributed by atoms with van der Waals surface area (Å²) in [7, 11) is -3.98. The lowest BCUT2D eigenvalue weighted by Gasteiger charge is -2.24. The van der Waals surface area contributed by atoms with E-state index in [-0.39, 0.29) is 18.2 Å². The summed E-state index contributed by atoms with van der Waals surface area (Å²) < 4.78 is 31.1. The molecule has 1 heterocycles. The number of nitro benzene ring substituents is 1. The average Bonchev–Trinajstić information content (AvgIpc) is 2.86. The molecule has 1 aliphatic rings. The highest BCUT2D eigenvalue weighted by Crippen LogP contribution is 2.25. The molecule has 0 saturated carbocycles. The molecule has 0 aromatic heterocycles. The van der Waals surface area contributed by atoms with Gasteiger partial charge < -0.3 is 4.74 Å². The summed E-state index contributed by atoms with van der Waals surface area (Å²) >= 11 is 0. The van der Waals surface area contributed by atoms with Crippen molar-refractivity contribution in [3.05, 3.63) is 45.4 Å². The third kappa shape index (κ3) is 4.18. The highest BCUT2D eigenvalue weighted by atomic mass is 32.2. The van der Waals surface area contributed by atoms with E-state index in [0.717, 1.165) is 9.71 Å². The predicted octanol–water partition coefficient (Wildman–Crippen LogP) is 2.27. The second-order valence-corrected chi connectivity index (χ2v) is 7.26. The molecule has 2 rings (SSSR count). The van der Waals surface area contributed by atoms with Gasteiger partial charge in [-0.25, -0.2) is 12.7 Å². The first-order valence-corrected chi connectivity index (χ1v) is 8.86. The Balaban J connectivity index is 2.19. The first kappa shape index (κ1) is 18.1. The van der Waals surface area contributed by atoms with E-state index < -0.39 is 27.1 Å². The lowest BCUT2D eigenvalue weighted by Crippen LogP contribution is -2.40.